The first-order chi connectivity index (χ1) is 8.07. The van der Waals surface area contributed by atoms with E-state index in [9.17, 15) is 15.3 Å². The first kappa shape index (κ1) is 14.3. The first-order valence-corrected chi connectivity index (χ1v) is 7.20. The summed E-state index contributed by atoms with van der Waals surface area (Å²) in [4.78, 5) is 0. The molecule has 3 N–H and O–H groups in total. The molecule has 0 bridgehead atoms. The van der Waals surface area contributed by atoms with E-state index in [0.717, 1.165) is 25.7 Å². The fourth-order valence-corrected chi connectivity index (χ4v) is 4.30. The molecule has 0 heterocycles. The van der Waals surface area contributed by atoms with Gasteiger partial charge in [0.2, 0.25) is 0 Å². The standard InChI is InChI=1S/C15H28O3/c1-13(2,17)10-8-11-14(3,12(16)9-10)6-5-7-15(11,4)18/h10-12,16-18H,5-9H2,1-4H3/t10-,11+,12-,14-,15+/m1/s1. The zero-order valence-corrected chi connectivity index (χ0v) is 12.1. The lowest BCUT2D eigenvalue weighted by Gasteiger charge is -2.57. The van der Waals surface area contributed by atoms with Crippen molar-refractivity contribution in [2.24, 2.45) is 17.3 Å². The van der Waals surface area contributed by atoms with Crippen LogP contribution in [0.4, 0.5) is 0 Å². The maximum Gasteiger partial charge on any atom is 0.0654 e. The van der Waals surface area contributed by atoms with Crippen LogP contribution in [0.5, 0.6) is 0 Å². The van der Waals surface area contributed by atoms with Crippen molar-refractivity contribution in [3.8, 4) is 0 Å². The normalized spacial score (nSPS) is 49.8. The molecular weight excluding hydrogens is 228 g/mol. The van der Waals surface area contributed by atoms with Crippen LogP contribution in [0.1, 0.15) is 59.8 Å². The SMILES string of the molecule is CC(C)(O)[C@H]1C[C@@H](O)[C@]2(C)CCC[C@](C)(O)[C@H]2C1. The second kappa shape index (κ2) is 4.19. The maximum absolute atomic E-state index is 10.6. The zero-order chi connectivity index (χ0) is 13.8. The van der Waals surface area contributed by atoms with Crippen LogP contribution in [-0.2, 0) is 0 Å². The average molecular weight is 256 g/mol. The van der Waals surface area contributed by atoms with E-state index < -0.39 is 17.3 Å². The average Bonchev–Trinajstić information content (AvgIpc) is 2.18. The van der Waals surface area contributed by atoms with E-state index in [4.69, 9.17) is 0 Å². The predicted octanol–water partition coefficient (Wildman–Crippen LogP) is 2.09. The zero-order valence-electron chi connectivity index (χ0n) is 12.1. The Balaban J connectivity index is 2.29. The molecule has 106 valence electrons. The molecule has 3 heteroatoms. The smallest absolute Gasteiger partial charge is 0.0654 e. The van der Waals surface area contributed by atoms with E-state index in [1.165, 1.54) is 0 Å². The minimum atomic E-state index is -0.782. The lowest BCUT2D eigenvalue weighted by molar-refractivity contribution is -0.187. The minimum Gasteiger partial charge on any atom is -0.393 e. The summed E-state index contributed by atoms with van der Waals surface area (Å²) in [7, 11) is 0. The molecule has 2 rings (SSSR count). The van der Waals surface area contributed by atoms with Gasteiger partial charge in [0.05, 0.1) is 17.3 Å². The Labute approximate surface area is 110 Å². The molecule has 0 spiro atoms. The largest absolute Gasteiger partial charge is 0.393 e. The number of aliphatic hydroxyl groups excluding tert-OH is 1. The fraction of sp³-hybridized carbons (Fsp3) is 1.00. The Kier molecular flexibility index (Phi) is 3.33. The van der Waals surface area contributed by atoms with Crippen molar-refractivity contribution >= 4 is 0 Å². The topological polar surface area (TPSA) is 60.7 Å². The van der Waals surface area contributed by atoms with Crippen LogP contribution in [0.25, 0.3) is 0 Å². The highest BCUT2D eigenvalue weighted by Crippen LogP contribution is 2.56. The van der Waals surface area contributed by atoms with Crippen molar-refractivity contribution < 1.29 is 15.3 Å². The molecule has 0 radical (unpaired) electrons. The van der Waals surface area contributed by atoms with Crippen molar-refractivity contribution in [2.75, 3.05) is 0 Å². The molecule has 0 aromatic carbocycles. The number of fused-ring (bicyclic) bond motifs is 1. The van der Waals surface area contributed by atoms with Crippen LogP contribution in [0.15, 0.2) is 0 Å². The summed E-state index contributed by atoms with van der Waals surface area (Å²) in [6.45, 7) is 7.63. The summed E-state index contributed by atoms with van der Waals surface area (Å²) >= 11 is 0. The number of aliphatic hydroxyl groups is 3. The van der Waals surface area contributed by atoms with Gasteiger partial charge in [0.1, 0.15) is 0 Å². The minimum absolute atomic E-state index is 0.0650. The van der Waals surface area contributed by atoms with Gasteiger partial charge < -0.3 is 15.3 Å². The van der Waals surface area contributed by atoms with Crippen LogP contribution in [0, 0.1) is 17.3 Å². The van der Waals surface area contributed by atoms with Gasteiger partial charge in [-0.1, -0.05) is 6.92 Å². The summed E-state index contributed by atoms with van der Waals surface area (Å²) in [5.41, 5.74) is -1.68. The summed E-state index contributed by atoms with van der Waals surface area (Å²) in [5.74, 6) is 0.147. The van der Waals surface area contributed by atoms with Gasteiger partial charge in [0.25, 0.3) is 0 Å². The van der Waals surface area contributed by atoms with E-state index in [1.54, 1.807) is 0 Å². The molecule has 0 amide bonds. The highest BCUT2D eigenvalue weighted by Gasteiger charge is 2.56. The summed E-state index contributed by atoms with van der Waals surface area (Å²) in [6.07, 6.45) is 3.80. The second-order valence-electron chi connectivity index (χ2n) is 7.61. The predicted molar refractivity (Wildman–Crippen MR) is 71.1 cm³/mol. The summed E-state index contributed by atoms with van der Waals surface area (Å²) in [5, 5.41) is 31.4. The summed E-state index contributed by atoms with van der Waals surface area (Å²) in [6, 6.07) is 0. The van der Waals surface area contributed by atoms with Crippen molar-refractivity contribution in [2.45, 2.75) is 77.1 Å². The van der Waals surface area contributed by atoms with E-state index in [-0.39, 0.29) is 17.3 Å². The Morgan fingerprint density at radius 2 is 1.72 bits per heavy atom. The Morgan fingerprint density at radius 1 is 1.11 bits per heavy atom. The molecule has 0 aliphatic heterocycles. The van der Waals surface area contributed by atoms with Gasteiger partial charge in [0.15, 0.2) is 0 Å². The highest BCUT2D eigenvalue weighted by molar-refractivity contribution is 5.06. The molecular formula is C15H28O3. The van der Waals surface area contributed by atoms with E-state index in [0.29, 0.717) is 6.42 Å². The second-order valence-corrected chi connectivity index (χ2v) is 7.61. The van der Waals surface area contributed by atoms with Gasteiger partial charge in [0, 0.05) is 0 Å². The van der Waals surface area contributed by atoms with Crippen molar-refractivity contribution in [1.29, 1.82) is 0 Å². The molecule has 0 aromatic rings. The maximum atomic E-state index is 10.6. The third-order valence-electron chi connectivity index (χ3n) is 5.73. The number of hydrogen-bond donors (Lipinski definition) is 3. The van der Waals surface area contributed by atoms with Gasteiger partial charge in [-0.3, -0.25) is 0 Å². The molecule has 2 aliphatic rings. The Morgan fingerprint density at radius 3 is 2.28 bits per heavy atom. The Bertz CT molecular complexity index is 318. The van der Waals surface area contributed by atoms with Crippen LogP contribution < -0.4 is 0 Å². The fourth-order valence-electron chi connectivity index (χ4n) is 4.30. The van der Waals surface area contributed by atoms with Crippen LogP contribution in [0.3, 0.4) is 0 Å². The van der Waals surface area contributed by atoms with Gasteiger partial charge in [-0.05, 0) is 70.1 Å². The molecule has 2 saturated carbocycles. The summed E-state index contributed by atoms with van der Waals surface area (Å²) < 4.78 is 0. The lowest BCUT2D eigenvalue weighted by Crippen LogP contribution is -2.58. The van der Waals surface area contributed by atoms with Crippen LogP contribution >= 0.6 is 0 Å². The molecule has 18 heavy (non-hydrogen) atoms. The first-order valence-electron chi connectivity index (χ1n) is 7.20. The van der Waals surface area contributed by atoms with E-state index in [1.807, 2.05) is 20.8 Å². The number of rotatable bonds is 1. The molecule has 5 atom stereocenters. The van der Waals surface area contributed by atoms with E-state index in [2.05, 4.69) is 6.92 Å². The number of hydrogen-bond acceptors (Lipinski definition) is 3. The van der Waals surface area contributed by atoms with Crippen molar-refractivity contribution in [3.63, 3.8) is 0 Å². The quantitative estimate of drug-likeness (QED) is 0.673. The molecule has 0 aromatic heterocycles. The molecule has 2 aliphatic carbocycles. The molecule has 2 fully saturated rings. The molecule has 3 nitrogen and oxygen atoms in total. The van der Waals surface area contributed by atoms with Crippen LogP contribution in [-0.4, -0.2) is 32.6 Å². The van der Waals surface area contributed by atoms with E-state index >= 15 is 0 Å². The third-order valence-corrected chi connectivity index (χ3v) is 5.73. The van der Waals surface area contributed by atoms with Gasteiger partial charge in [-0.15, -0.1) is 0 Å². The Hall–Kier alpha value is -0.120. The van der Waals surface area contributed by atoms with Crippen LogP contribution in [0.2, 0.25) is 0 Å². The monoisotopic (exact) mass is 256 g/mol. The van der Waals surface area contributed by atoms with Gasteiger partial charge in [-0.25, -0.2) is 0 Å². The highest BCUT2D eigenvalue weighted by atomic mass is 16.3. The molecule has 0 unspecified atom stereocenters. The van der Waals surface area contributed by atoms with Crippen molar-refractivity contribution in [1.82, 2.24) is 0 Å². The van der Waals surface area contributed by atoms with Gasteiger partial charge in [-0.2, -0.15) is 0 Å². The van der Waals surface area contributed by atoms with Crippen molar-refractivity contribution in [3.05, 3.63) is 0 Å². The lowest BCUT2D eigenvalue weighted by atomic mass is 9.51. The third kappa shape index (κ3) is 2.21. The van der Waals surface area contributed by atoms with Gasteiger partial charge >= 0.3 is 0 Å². The molecule has 0 saturated heterocycles.